The predicted octanol–water partition coefficient (Wildman–Crippen LogP) is 8.35. The summed E-state index contributed by atoms with van der Waals surface area (Å²) in [6, 6.07) is 40.7. The Bertz CT molecular complexity index is 1720. The van der Waals surface area contributed by atoms with E-state index in [0.29, 0.717) is 0 Å². The van der Waals surface area contributed by atoms with Crippen LogP contribution >= 0.6 is 0 Å². The number of rotatable bonds is 2. The maximum atomic E-state index is 6.18. The molecule has 0 amide bonds. The van der Waals surface area contributed by atoms with Crippen LogP contribution in [-0.2, 0) is 0 Å². The fourth-order valence-electron chi connectivity index (χ4n) is 4.92. The minimum atomic E-state index is 0.912. The highest BCUT2D eigenvalue weighted by Gasteiger charge is 2.14. The van der Waals surface area contributed by atoms with Gasteiger partial charge in [-0.3, -0.25) is 0 Å². The summed E-state index contributed by atoms with van der Waals surface area (Å²) in [6.07, 6.45) is 0. The molecule has 2 heteroatoms. The van der Waals surface area contributed by atoms with Gasteiger partial charge in [0, 0.05) is 27.2 Å². The van der Waals surface area contributed by atoms with Gasteiger partial charge in [0.15, 0.2) is 0 Å². The maximum Gasteiger partial charge on any atom is 0.135 e. The van der Waals surface area contributed by atoms with Crippen LogP contribution in [0.5, 0.6) is 0 Å². The van der Waals surface area contributed by atoms with Gasteiger partial charge in [-0.1, -0.05) is 72.8 Å². The Morgan fingerprint density at radius 2 is 1.03 bits per heavy atom. The molecule has 0 N–H and O–H groups in total. The van der Waals surface area contributed by atoms with Crippen LogP contribution in [0.3, 0.4) is 0 Å². The van der Waals surface area contributed by atoms with Crippen LogP contribution in [0, 0.1) is 0 Å². The summed E-state index contributed by atoms with van der Waals surface area (Å²) in [6.45, 7) is 0. The summed E-state index contributed by atoms with van der Waals surface area (Å²) >= 11 is 0. The molecule has 0 spiro atoms. The number of furan rings is 1. The number of hydrogen-bond donors (Lipinski definition) is 0. The van der Waals surface area contributed by atoms with Crippen LogP contribution in [0.15, 0.2) is 120 Å². The molecular weight excluding hydrogens is 390 g/mol. The van der Waals surface area contributed by atoms with Crippen molar-refractivity contribution < 1.29 is 4.42 Å². The second-order valence-corrected chi connectivity index (χ2v) is 8.23. The highest BCUT2D eigenvalue weighted by atomic mass is 16.3. The van der Waals surface area contributed by atoms with Crippen molar-refractivity contribution in [1.82, 2.24) is 4.57 Å². The molecule has 0 atom stereocenters. The van der Waals surface area contributed by atoms with E-state index in [1.165, 1.54) is 32.9 Å². The van der Waals surface area contributed by atoms with Gasteiger partial charge in [0.1, 0.15) is 11.2 Å². The molecule has 0 saturated carbocycles. The molecule has 0 radical (unpaired) electrons. The largest absolute Gasteiger partial charge is 0.456 e. The fourth-order valence-corrected chi connectivity index (χ4v) is 4.92. The molecule has 5 aromatic carbocycles. The summed E-state index contributed by atoms with van der Waals surface area (Å²) in [5, 5.41) is 4.82. The Kier molecular flexibility index (Phi) is 3.58. The van der Waals surface area contributed by atoms with E-state index in [1.54, 1.807) is 0 Å². The highest BCUT2D eigenvalue weighted by Crippen LogP contribution is 2.36. The van der Waals surface area contributed by atoms with E-state index < -0.39 is 0 Å². The number of para-hydroxylation sites is 2. The first-order valence-electron chi connectivity index (χ1n) is 10.9. The highest BCUT2D eigenvalue weighted by molar-refractivity contribution is 6.10. The van der Waals surface area contributed by atoms with Gasteiger partial charge in [-0.15, -0.1) is 0 Å². The Balaban J connectivity index is 1.52. The number of fused-ring (bicyclic) bond motifs is 6. The second kappa shape index (κ2) is 6.60. The van der Waals surface area contributed by atoms with Crippen molar-refractivity contribution in [1.29, 1.82) is 0 Å². The minimum absolute atomic E-state index is 0.912. The summed E-state index contributed by atoms with van der Waals surface area (Å²) in [5.74, 6) is 0. The van der Waals surface area contributed by atoms with Crippen LogP contribution in [0.1, 0.15) is 0 Å². The summed E-state index contributed by atoms with van der Waals surface area (Å²) in [7, 11) is 0. The Hall–Kier alpha value is -4.30. The normalized spacial score (nSPS) is 11.8. The summed E-state index contributed by atoms with van der Waals surface area (Å²) < 4.78 is 8.53. The molecule has 7 aromatic rings. The van der Waals surface area contributed by atoms with Crippen molar-refractivity contribution in [3.63, 3.8) is 0 Å². The molecule has 0 aliphatic rings. The lowest BCUT2D eigenvalue weighted by Crippen LogP contribution is -1.93. The zero-order valence-electron chi connectivity index (χ0n) is 17.3. The van der Waals surface area contributed by atoms with Crippen LogP contribution < -0.4 is 0 Å². The number of hydrogen-bond acceptors (Lipinski definition) is 1. The van der Waals surface area contributed by atoms with Crippen molar-refractivity contribution in [3.05, 3.63) is 115 Å². The van der Waals surface area contributed by atoms with Gasteiger partial charge in [0.25, 0.3) is 0 Å². The molecule has 0 fully saturated rings. The van der Waals surface area contributed by atoms with Gasteiger partial charge in [-0.05, 0) is 53.6 Å². The molecule has 2 aromatic heterocycles. The molecule has 2 nitrogen and oxygen atoms in total. The van der Waals surface area contributed by atoms with E-state index in [9.17, 15) is 0 Å². The van der Waals surface area contributed by atoms with Crippen molar-refractivity contribution in [2.75, 3.05) is 0 Å². The monoisotopic (exact) mass is 409 g/mol. The van der Waals surface area contributed by atoms with Crippen molar-refractivity contribution in [2.24, 2.45) is 0 Å². The molecule has 0 unspecified atom stereocenters. The van der Waals surface area contributed by atoms with Crippen LogP contribution in [0.4, 0.5) is 0 Å². The van der Waals surface area contributed by atoms with Gasteiger partial charge in [-0.2, -0.15) is 0 Å². The standard InChI is InChI=1S/C30H19NO/c1-2-8-20(9-3-1)21-14-16-29-25(18-21)26-19-22(15-17-30(26)32-29)31-27-12-6-4-10-23(27)24-11-5-7-13-28(24)31/h1-19H. The molecule has 2 heterocycles. The van der Waals surface area contributed by atoms with Gasteiger partial charge < -0.3 is 8.98 Å². The average Bonchev–Trinajstić information content (AvgIpc) is 3.39. The van der Waals surface area contributed by atoms with E-state index in [0.717, 1.165) is 27.6 Å². The Morgan fingerprint density at radius 3 is 1.75 bits per heavy atom. The molecular formula is C30H19NO. The van der Waals surface area contributed by atoms with Crippen molar-refractivity contribution in [2.45, 2.75) is 0 Å². The van der Waals surface area contributed by atoms with Gasteiger partial charge in [-0.25, -0.2) is 0 Å². The van der Waals surface area contributed by atoms with E-state index >= 15 is 0 Å². The Morgan fingerprint density at radius 1 is 0.438 bits per heavy atom. The third-order valence-corrected chi connectivity index (χ3v) is 6.40. The quantitative estimate of drug-likeness (QED) is 0.280. The zero-order valence-corrected chi connectivity index (χ0v) is 17.3. The molecule has 0 saturated heterocycles. The van der Waals surface area contributed by atoms with Crippen LogP contribution in [-0.4, -0.2) is 4.57 Å². The van der Waals surface area contributed by atoms with Crippen LogP contribution in [0.2, 0.25) is 0 Å². The smallest absolute Gasteiger partial charge is 0.135 e. The first-order valence-corrected chi connectivity index (χ1v) is 10.9. The van der Waals surface area contributed by atoms with E-state index in [-0.39, 0.29) is 0 Å². The molecule has 0 bridgehead atoms. The van der Waals surface area contributed by atoms with Gasteiger partial charge >= 0.3 is 0 Å². The van der Waals surface area contributed by atoms with Crippen LogP contribution in [0.25, 0.3) is 60.6 Å². The lowest BCUT2D eigenvalue weighted by atomic mass is 10.0. The third kappa shape index (κ3) is 2.47. The molecule has 0 aliphatic carbocycles. The minimum Gasteiger partial charge on any atom is -0.456 e. The van der Waals surface area contributed by atoms with E-state index in [1.807, 2.05) is 6.07 Å². The molecule has 150 valence electrons. The van der Waals surface area contributed by atoms with Crippen molar-refractivity contribution in [3.8, 4) is 16.8 Å². The van der Waals surface area contributed by atoms with Gasteiger partial charge in [0.05, 0.1) is 11.0 Å². The lowest BCUT2D eigenvalue weighted by molar-refractivity contribution is 0.669. The SMILES string of the molecule is c1ccc(-c2ccc3oc4ccc(-n5c6ccccc6c6ccccc65)cc4c3c2)cc1. The second-order valence-electron chi connectivity index (χ2n) is 8.23. The first-order chi connectivity index (χ1) is 15.9. The third-order valence-electron chi connectivity index (χ3n) is 6.40. The van der Waals surface area contributed by atoms with Crippen molar-refractivity contribution >= 4 is 43.7 Å². The first kappa shape index (κ1) is 17.4. The fraction of sp³-hybridized carbons (Fsp3) is 0. The molecule has 32 heavy (non-hydrogen) atoms. The predicted molar refractivity (Wildman–Crippen MR) is 133 cm³/mol. The summed E-state index contributed by atoms with van der Waals surface area (Å²) in [5.41, 5.74) is 7.80. The Labute approximate surface area is 184 Å². The molecule has 0 aliphatic heterocycles. The number of aromatic nitrogens is 1. The summed E-state index contributed by atoms with van der Waals surface area (Å²) in [4.78, 5) is 0. The average molecular weight is 409 g/mol. The zero-order chi connectivity index (χ0) is 21.1. The topological polar surface area (TPSA) is 18.1 Å². The number of nitrogens with zero attached hydrogens (tertiary/aromatic N) is 1. The van der Waals surface area contributed by atoms with Gasteiger partial charge in [0.2, 0.25) is 0 Å². The maximum absolute atomic E-state index is 6.18. The molecule has 7 rings (SSSR count). The van der Waals surface area contributed by atoms with E-state index in [4.69, 9.17) is 4.42 Å². The van der Waals surface area contributed by atoms with E-state index in [2.05, 4.69) is 114 Å². The lowest BCUT2D eigenvalue weighted by Gasteiger charge is -2.08. The number of benzene rings is 5.